The average molecular weight is 456 g/mol. The van der Waals surface area contributed by atoms with Crippen molar-refractivity contribution < 1.29 is 23.2 Å². The third-order valence-corrected chi connectivity index (χ3v) is 6.89. The van der Waals surface area contributed by atoms with Crippen LogP contribution in [0.3, 0.4) is 0 Å². The molecule has 10 nitrogen and oxygen atoms in total. The number of phenolic OH excluding ortho intramolecular Hbond substituents is 1. The fraction of sp³-hybridized carbons (Fsp3) is 0.238. The average Bonchev–Trinajstić information content (AvgIpc) is 2.80. The van der Waals surface area contributed by atoms with Crippen molar-refractivity contribution in [2.45, 2.75) is 29.1 Å². The molecule has 0 radical (unpaired) electrons. The SMILES string of the molecule is O=[N+]([O-])c1c(Oc2ccc(S(=O)(=O)c3ccc(O)cc3)cc2)ncnc1N1CCCCC1. The molecular weight excluding hydrogens is 436 g/mol. The van der Waals surface area contributed by atoms with Crippen LogP contribution in [0.25, 0.3) is 0 Å². The van der Waals surface area contributed by atoms with Crippen LogP contribution in [-0.4, -0.2) is 41.5 Å². The highest BCUT2D eigenvalue weighted by Crippen LogP contribution is 2.37. The number of sulfone groups is 1. The Labute approximate surface area is 184 Å². The summed E-state index contributed by atoms with van der Waals surface area (Å²) >= 11 is 0. The van der Waals surface area contributed by atoms with Crippen LogP contribution in [0.2, 0.25) is 0 Å². The first-order valence-corrected chi connectivity index (χ1v) is 11.4. The molecule has 0 unspecified atom stereocenters. The lowest BCUT2D eigenvalue weighted by Crippen LogP contribution is -2.30. The summed E-state index contributed by atoms with van der Waals surface area (Å²) in [5.74, 6) is 0.162. The van der Waals surface area contributed by atoms with E-state index < -0.39 is 14.8 Å². The number of ether oxygens (including phenoxy) is 1. The van der Waals surface area contributed by atoms with Gasteiger partial charge in [-0.25, -0.2) is 13.4 Å². The van der Waals surface area contributed by atoms with Crippen LogP contribution in [0.1, 0.15) is 19.3 Å². The number of hydrogen-bond acceptors (Lipinski definition) is 9. The summed E-state index contributed by atoms with van der Waals surface area (Å²) in [5.41, 5.74) is -0.324. The maximum Gasteiger partial charge on any atom is 0.373 e. The fourth-order valence-electron chi connectivity index (χ4n) is 3.49. The standard InChI is InChI=1S/C21H20N4O6S/c26-15-4-8-17(9-5-15)32(29,30)18-10-6-16(7-11-18)31-21-19(25(27)28)20(22-14-23-21)24-12-2-1-3-13-24/h4-11,14,26H,1-3,12-13H2. The van der Waals surface area contributed by atoms with Gasteiger partial charge in [-0.05, 0) is 67.8 Å². The van der Waals surface area contributed by atoms with E-state index in [2.05, 4.69) is 9.97 Å². The van der Waals surface area contributed by atoms with E-state index in [0.29, 0.717) is 13.1 Å². The van der Waals surface area contributed by atoms with E-state index in [-0.39, 0.29) is 38.7 Å². The van der Waals surface area contributed by atoms with E-state index >= 15 is 0 Å². The minimum atomic E-state index is -3.80. The van der Waals surface area contributed by atoms with Crippen LogP contribution in [-0.2, 0) is 9.84 Å². The summed E-state index contributed by atoms with van der Waals surface area (Å²) in [6.07, 6.45) is 4.14. The second kappa shape index (κ2) is 8.79. The Bertz CT molecular complexity index is 1220. The van der Waals surface area contributed by atoms with Crippen LogP contribution in [0.4, 0.5) is 11.5 Å². The molecule has 0 aliphatic carbocycles. The molecule has 1 fully saturated rings. The second-order valence-electron chi connectivity index (χ2n) is 7.23. The number of nitrogens with zero attached hydrogens (tertiary/aromatic N) is 4. The zero-order chi connectivity index (χ0) is 22.7. The van der Waals surface area contributed by atoms with E-state index in [0.717, 1.165) is 19.3 Å². The molecule has 2 aromatic carbocycles. The lowest BCUT2D eigenvalue weighted by molar-refractivity contribution is -0.385. The minimum Gasteiger partial charge on any atom is -0.508 e. The molecule has 4 rings (SSSR count). The van der Waals surface area contributed by atoms with Crippen molar-refractivity contribution >= 4 is 21.3 Å². The molecule has 1 aliphatic rings. The zero-order valence-corrected chi connectivity index (χ0v) is 17.7. The molecule has 32 heavy (non-hydrogen) atoms. The zero-order valence-electron chi connectivity index (χ0n) is 16.9. The monoisotopic (exact) mass is 456 g/mol. The summed E-state index contributed by atoms with van der Waals surface area (Å²) in [4.78, 5) is 21.1. The van der Waals surface area contributed by atoms with Gasteiger partial charge in [-0.15, -0.1) is 0 Å². The molecule has 0 bridgehead atoms. The van der Waals surface area contributed by atoms with Gasteiger partial charge in [0, 0.05) is 13.1 Å². The highest BCUT2D eigenvalue weighted by atomic mass is 32.2. The van der Waals surface area contributed by atoms with E-state index in [1.807, 2.05) is 4.90 Å². The smallest absolute Gasteiger partial charge is 0.373 e. The van der Waals surface area contributed by atoms with Crippen LogP contribution < -0.4 is 9.64 Å². The molecule has 1 aliphatic heterocycles. The minimum absolute atomic E-state index is 0.0155. The first-order valence-electron chi connectivity index (χ1n) is 9.92. The van der Waals surface area contributed by atoms with Crippen LogP contribution in [0.5, 0.6) is 17.4 Å². The van der Waals surface area contributed by atoms with Crippen molar-refractivity contribution in [1.82, 2.24) is 9.97 Å². The molecule has 0 amide bonds. The number of aromatic hydroxyl groups is 1. The topological polar surface area (TPSA) is 136 Å². The summed E-state index contributed by atoms with van der Waals surface area (Å²) in [7, 11) is -3.80. The number of nitro groups is 1. The maximum absolute atomic E-state index is 12.7. The molecule has 11 heteroatoms. The lowest BCUT2D eigenvalue weighted by atomic mass is 10.1. The Morgan fingerprint density at radius 1 is 0.938 bits per heavy atom. The van der Waals surface area contributed by atoms with Gasteiger partial charge in [0.25, 0.3) is 0 Å². The summed E-state index contributed by atoms with van der Waals surface area (Å²) in [6, 6.07) is 10.7. The van der Waals surface area contributed by atoms with Crippen molar-refractivity contribution in [3.8, 4) is 17.4 Å². The summed E-state index contributed by atoms with van der Waals surface area (Å²) in [6.45, 7) is 1.34. The fourth-order valence-corrected chi connectivity index (χ4v) is 4.75. The maximum atomic E-state index is 12.7. The number of anilines is 1. The van der Waals surface area contributed by atoms with Crippen molar-refractivity contribution in [1.29, 1.82) is 0 Å². The van der Waals surface area contributed by atoms with E-state index in [4.69, 9.17) is 4.74 Å². The largest absolute Gasteiger partial charge is 0.508 e. The number of phenols is 1. The van der Waals surface area contributed by atoms with E-state index in [1.54, 1.807) is 0 Å². The van der Waals surface area contributed by atoms with Gasteiger partial charge in [0.15, 0.2) is 0 Å². The Morgan fingerprint density at radius 3 is 2.12 bits per heavy atom. The van der Waals surface area contributed by atoms with Crippen molar-refractivity contribution in [2.75, 3.05) is 18.0 Å². The molecule has 1 saturated heterocycles. The molecular formula is C21H20N4O6S. The number of aromatic nitrogens is 2. The molecule has 1 aromatic heterocycles. The highest BCUT2D eigenvalue weighted by Gasteiger charge is 2.29. The van der Waals surface area contributed by atoms with E-state index in [9.17, 15) is 23.6 Å². The third-order valence-electron chi connectivity index (χ3n) is 5.10. The normalized spacial score (nSPS) is 14.2. The molecule has 0 spiro atoms. The van der Waals surface area contributed by atoms with Crippen LogP contribution in [0.15, 0.2) is 64.6 Å². The van der Waals surface area contributed by atoms with E-state index in [1.165, 1.54) is 54.9 Å². The predicted octanol–water partition coefficient (Wildman–Crippen LogP) is 3.71. The Kier molecular flexibility index (Phi) is 5.91. The number of rotatable bonds is 6. The molecule has 2 heterocycles. The van der Waals surface area contributed by atoms with Crippen LogP contribution >= 0.6 is 0 Å². The van der Waals surface area contributed by atoms with Gasteiger partial charge in [0.05, 0.1) is 14.7 Å². The Hall–Kier alpha value is -3.73. The van der Waals surface area contributed by atoms with Crippen molar-refractivity contribution in [2.24, 2.45) is 0 Å². The van der Waals surface area contributed by atoms with Gasteiger partial charge in [-0.3, -0.25) is 10.1 Å². The first-order chi connectivity index (χ1) is 15.4. The van der Waals surface area contributed by atoms with Gasteiger partial charge in [0.2, 0.25) is 15.7 Å². The molecule has 0 saturated carbocycles. The summed E-state index contributed by atoms with van der Waals surface area (Å²) in [5, 5.41) is 21.1. The molecule has 3 aromatic rings. The van der Waals surface area contributed by atoms with Gasteiger partial charge in [-0.1, -0.05) is 0 Å². The highest BCUT2D eigenvalue weighted by molar-refractivity contribution is 7.91. The Morgan fingerprint density at radius 2 is 1.53 bits per heavy atom. The molecule has 166 valence electrons. The number of benzene rings is 2. The van der Waals surface area contributed by atoms with Crippen LogP contribution in [0, 0.1) is 10.1 Å². The van der Waals surface area contributed by atoms with Gasteiger partial charge in [-0.2, -0.15) is 4.98 Å². The second-order valence-corrected chi connectivity index (χ2v) is 9.18. The van der Waals surface area contributed by atoms with Crippen molar-refractivity contribution in [3.05, 3.63) is 65.0 Å². The predicted molar refractivity (Wildman–Crippen MR) is 115 cm³/mol. The summed E-state index contributed by atoms with van der Waals surface area (Å²) < 4.78 is 31.1. The quantitative estimate of drug-likeness (QED) is 0.435. The van der Waals surface area contributed by atoms with Crippen molar-refractivity contribution in [3.63, 3.8) is 0 Å². The van der Waals surface area contributed by atoms with Gasteiger partial charge in [0.1, 0.15) is 17.8 Å². The number of piperidine rings is 1. The molecule has 1 N–H and O–H groups in total. The first kappa shape index (κ1) is 21.5. The number of hydrogen-bond donors (Lipinski definition) is 1. The van der Waals surface area contributed by atoms with Gasteiger partial charge < -0.3 is 14.7 Å². The lowest BCUT2D eigenvalue weighted by Gasteiger charge is -2.27. The third kappa shape index (κ3) is 4.33. The van der Waals surface area contributed by atoms with Gasteiger partial charge >= 0.3 is 11.6 Å². The Balaban J connectivity index is 1.61. The molecule has 0 atom stereocenters.